The predicted molar refractivity (Wildman–Crippen MR) is 121 cm³/mol. The van der Waals surface area contributed by atoms with Crippen LogP contribution in [-0.2, 0) is 0 Å². The van der Waals surface area contributed by atoms with Crippen molar-refractivity contribution in [1.82, 2.24) is 10.3 Å². The van der Waals surface area contributed by atoms with Gasteiger partial charge in [0, 0.05) is 10.9 Å². The highest BCUT2D eigenvalue weighted by atomic mass is 32.1. The molecule has 0 radical (unpaired) electrons. The van der Waals surface area contributed by atoms with E-state index in [1.54, 1.807) is 7.11 Å². The lowest BCUT2D eigenvalue weighted by atomic mass is 9.99. The quantitative estimate of drug-likeness (QED) is 0.423. The molecule has 0 fully saturated rings. The molecule has 1 aromatic heterocycles. The minimum atomic E-state index is -0.302. The Morgan fingerprint density at radius 2 is 1.50 bits per heavy atom. The molecule has 4 aromatic rings. The van der Waals surface area contributed by atoms with Crippen LogP contribution >= 0.6 is 11.3 Å². The van der Waals surface area contributed by atoms with Gasteiger partial charge < -0.3 is 10.1 Å². The Kier molecular flexibility index (Phi) is 6.06. The summed E-state index contributed by atoms with van der Waals surface area (Å²) in [4.78, 5) is 17.3. The van der Waals surface area contributed by atoms with Crippen molar-refractivity contribution >= 4 is 22.5 Å². The molecule has 0 bridgehead atoms. The van der Waals surface area contributed by atoms with Crippen molar-refractivity contribution < 1.29 is 9.53 Å². The fraction of sp³-hybridized carbons (Fsp3) is 0.0833. The molecule has 2 amide bonds. The molecule has 0 unspecified atom stereocenters. The topological polar surface area (TPSA) is 63.2 Å². The number of nitrogens with zero attached hydrogens (tertiary/aromatic N) is 1. The van der Waals surface area contributed by atoms with Gasteiger partial charge in [-0.1, -0.05) is 60.7 Å². The fourth-order valence-electron chi connectivity index (χ4n) is 3.14. The van der Waals surface area contributed by atoms with Crippen LogP contribution in [0, 0.1) is 0 Å². The van der Waals surface area contributed by atoms with Crippen LogP contribution in [0.15, 0.2) is 90.3 Å². The number of ether oxygens (including phenoxy) is 1. The second-order valence-electron chi connectivity index (χ2n) is 6.62. The van der Waals surface area contributed by atoms with Gasteiger partial charge in [-0.3, -0.25) is 5.32 Å². The van der Waals surface area contributed by atoms with Crippen LogP contribution < -0.4 is 15.4 Å². The van der Waals surface area contributed by atoms with Crippen LogP contribution in [0.5, 0.6) is 5.75 Å². The standard InChI is InChI=1S/C24H21N3O2S/c1-29-20-14-12-17(13-15-20)21-16-30-24(25-21)27-23(28)26-22(18-8-4-2-5-9-18)19-10-6-3-7-11-19/h2-16,22H,1H3,(H2,25,26,27,28). The lowest BCUT2D eigenvalue weighted by molar-refractivity contribution is 0.250. The number of amides is 2. The molecule has 0 atom stereocenters. The number of carbonyl (C=O) groups excluding carboxylic acids is 1. The molecular weight excluding hydrogens is 394 g/mol. The van der Waals surface area contributed by atoms with Crippen molar-refractivity contribution in [2.24, 2.45) is 0 Å². The van der Waals surface area contributed by atoms with Crippen LogP contribution in [0.2, 0.25) is 0 Å². The summed E-state index contributed by atoms with van der Waals surface area (Å²) in [5.41, 5.74) is 3.79. The van der Waals surface area contributed by atoms with Gasteiger partial charge in [-0.05, 0) is 35.4 Å². The maximum Gasteiger partial charge on any atom is 0.321 e. The molecule has 0 saturated carbocycles. The number of thiazole rings is 1. The van der Waals surface area contributed by atoms with Gasteiger partial charge in [0.05, 0.1) is 18.8 Å². The molecule has 1 heterocycles. The third-order valence-electron chi connectivity index (χ3n) is 4.65. The number of anilines is 1. The first kappa shape index (κ1) is 19.7. The number of urea groups is 1. The van der Waals surface area contributed by atoms with Crippen molar-refractivity contribution in [3.05, 3.63) is 101 Å². The van der Waals surface area contributed by atoms with E-state index in [0.29, 0.717) is 5.13 Å². The first-order chi connectivity index (χ1) is 14.7. The number of methoxy groups -OCH3 is 1. The van der Waals surface area contributed by atoms with Crippen LogP contribution in [0.1, 0.15) is 17.2 Å². The van der Waals surface area contributed by atoms with Gasteiger partial charge in [0.1, 0.15) is 5.75 Å². The monoisotopic (exact) mass is 415 g/mol. The minimum Gasteiger partial charge on any atom is -0.497 e. The Balaban J connectivity index is 1.48. The summed E-state index contributed by atoms with van der Waals surface area (Å²) in [5.74, 6) is 0.791. The van der Waals surface area contributed by atoms with Gasteiger partial charge in [-0.25, -0.2) is 9.78 Å². The Bertz CT molecular complexity index is 1060. The molecule has 0 aliphatic rings. The zero-order valence-electron chi connectivity index (χ0n) is 16.4. The summed E-state index contributed by atoms with van der Waals surface area (Å²) < 4.78 is 5.19. The first-order valence-electron chi connectivity index (χ1n) is 9.50. The summed E-state index contributed by atoms with van der Waals surface area (Å²) in [6, 6.07) is 26.9. The van der Waals surface area contributed by atoms with Gasteiger partial charge in [0.2, 0.25) is 0 Å². The van der Waals surface area contributed by atoms with Gasteiger partial charge >= 0.3 is 6.03 Å². The SMILES string of the molecule is COc1ccc(-c2csc(NC(=O)NC(c3ccccc3)c3ccccc3)n2)cc1. The summed E-state index contributed by atoms with van der Waals surface area (Å²) in [6.45, 7) is 0. The molecule has 0 aliphatic heterocycles. The van der Waals surface area contributed by atoms with Gasteiger partial charge in [0.15, 0.2) is 5.13 Å². The maximum atomic E-state index is 12.7. The zero-order chi connectivity index (χ0) is 20.8. The highest BCUT2D eigenvalue weighted by Gasteiger charge is 2.17. The van der Waals surface area contributed by atoms with Crippen LogP contribution in [-0.4, -0.2) is 18.1 Å². The summed E-state index contributed by atoms with van der Waals surface area (Å²) in [5, 5.41) is 8.38. The molecular formula is C24H21N3O2S. The fourth-order valence-corrected chi connectivity index (χ4v) is 3.85. The van der Waals surface area contributed by atoms with Crippen molar-refractivity contribution in [2.75, 3.05) is 12.4 Å². The number of carbonyl (C=O) groups is 1. The second-order valence-corrected chi connectivity index (χ2v) is 7.48. The smallest absolute Gasteiger partial charge is 0.321 e. The van der Waals surface area contributed by atoms with Crippen molar-refractivity contribution in [3.8, 4) is 17.0 Å². The molecule has 0 spiro atoms. The first-order valence-corrected chi connectivity index (χ1v) is 10.4. The highest BCUT2D eigenvalue weighted by molar-refractivity contribution is 7.14. The van der Waals surface area contributed by atoms with E-state index in [9.17, 15) is 4.79 Å². The molecule has 5 nitrogen and oxygen atoms in total. The van der Waals surface area contributed by atoms with Gasteiger partial charge in [0.25, 0.3) is 0 Å². The van der Waals surface area contributed by atoms with Crippen LogP contribution in [0.25, 0.3) is 11.3 Å². The number of nitrogens with one attached hydrogen (secondary N) is 2. The Hall–Kier alpha value is -3.64. The molecule has 6 heteroatoms. The van der Waals surface area contributed by atoms with E-state index in [-0.39, 0.29) is 12.1 Å². The predicted octanol–water partition coefficient (Wildman–Crippen LogP) is 5.73. The third-order valence-corrected chi connectivity index (χ3v) is 5.41. The van der Waals surface area contributed by atoms with E-state index in [4.69, 9.17) is 4.74 Å². The largest absolute Gasteiger partial charge is 0.497 e. The van der Waals surface area contributed by atoms with E-state index in [0.717, 1.165) is 28.1 Å². The Morgan fingerprint density at radius 3 is 2.07 bits per heavy atom. The molecule has 0 aliphatic carbocycles. The summed E-state index contributed by atoms with van der Waals surface area (Å²) in [6.07, 6.45) is 0. The number of aromatic nitrogens is 1. The normalized spacial score (nSPS) is 10.6. The van der Waals surface area contributed by atoms with E-state index in [2.05, 4.69) is 15.6 Å². The lowest BCUT2D eigenvalue weighted by Crippen LogP contribution is -2.33. The van der Waals surface area contributed by atoms with Gasteiger partial charge in [-0.15, -0.1) is 11.3 Å². The van der Waals surface area contributed by atoms with Crippen molar-refractivity contribution in [2.45, 2.75) is 6.04 Å². The zero-order valence-corrected chi connectivity index (χ0v) is 17.2. The molecule has 150 valence electrons. The highest BCUT2D eigenvalue weighted by Crippen LogP contribution is 2.27. The summed E-state index contributed by atoms with van der Waals surface area (Å²) in [7, 11) is 1.64. The van der Waals surface area contributed by atoms with E-state index < -0.39 is 0 Å². The third kappa shape index (κ3) is 4.67. The molecule has 3 aromatic carbocycles. The Labute approximate surface area is 179 Å². The van der Waals surface area contributed by atoms with E-state index >= 15 is 0 Å². The molecule has 30 heavy (non-hydrogen) atoms. The van der Waals surface area contributed by atoms with Gasteiger partial charge in [-0.2, -0.15) is 0 Å². The van der Waals surface area contributed by atoms with Crippen molar-refractivity contribution in [1.29, 1.82) is 0 Å². The molecule has 0 saturated heterocycles. The average Bonchev–Trinajstić information content (AvgIpc) is 3.27. The molecule has 2 N–H and O–H groups in total. The number of hydrogen-bond donors (Lipinski definition) is 2. The van der Waals surface area contributed by atoms with Crippen molar-refractivity contribution in [3.63, 3.8) is 0 Å². The number of rotatable bonds is 6. The van der Waals surface area contributed by atoms with Crippen LogP contribution in [0.3, 0.4) is 0 Å². The summed E-state index contributed by atoms with van der Waals surface area (Å²) >= 11 is 1.39. The van der Waals surface area contributed by atoms with Crippen LogP contribution in [0.4, 0.5) is 9.93 Å². The molecule has 4 rings (SSSR count). The van der Waals surface area contributed by atoms with E-state index in [1.807, 2.05) is 90.3 Å². The number of hydrogen-bond acceptors (Lipinski definition) is 4. The van der Waals surface area contributed by atoms with E-state index in [1.165, 1.54) is 11.3 Å². The minimum absolute atomic E-state index is 0.256. The average molecular weight is 416 g/mol. The number of benzene rings is 3. The maximum absolute atomic E-state index is 12.7. The Morgan fingerprint density at radius 1 is 0.900 bits per heavy atom. The second kappa shape index (κ2) is 9.24. The lowest BCUT2D eigenvalue weighted by Gasteiger charge is -2.19.